The number of halogens is 1. The Morgan fingerprint density at radius 2 is 1.81 bits per heavy atom. The fourth-order valence-electron chi connectivity index (χ4n) is 2.80. The van der Waals surface area contributed by atoms with Crippen LogP contribution in [0, 0.1) is 17.7 Å². The van der Waals surface area contributed by atoms with Gasteiger partial charge in [-0.1, -0.05) is 52.0 Å². The van der Waals surface area contributed by atoms with Crippen LogP contribution in [0.25, 0.3) is 0 Å². The van der Waals surface area contributed by atoms with Crippen LogP contribution >= 0.6 is 0 Å². The Bertz CT molecular complexity index is 637. The van der Waals surface area contributed by atoms with E-state index in [0.29, 0.717) is 5.92 Å². The van der Waals surface area contributed by atoms with Crippen LogP contribution in [-0.4, -0.2) is 5.91 Å². The Morgan fingerprint density at radius 1 is 1.19 bits per heavy atom. The number of rotatable bonds is 11. The van der Waals surface area contributed by atoms with Crippen LogP contribution in [0.5, 0.6) is 0 Å². The number of carbonyl (C=O) groups is 1. The van der Waals surface area contributed by atoms with Crippen LogP contribution in [0.1, 0.15) is 65.5 Å². The van der Waals surface area contributed by atoms with Crippen molar-refractivity contribution in [2.45, 2.75) is 59.9 Å². The van der Waals surface area contributed by atoms with E-state index in [1.165, 1.54) is 12.1 Å². The molecule has 150 valence electrons. The lowest BCUT2D eigenvalue weighted by Gasteiger charge is -2.26. The molecule has 0 aliphatic heterocycles. The molecular weight excluding hydrogens is 341 g/mol. The zero-order valence-corrected chi connectivity index (χ0v) is 17.2. The maximum atomic E-state index is 13.4. The van der Waals surface area contributed by atoms with Crippen molar-refractivity contribution >= 4 is 5.91 Å². The molecule has 1 aromatic rings. The zero-order chi connectivity index (χ0) is 20.4. The van der Waals surface area contributed by atoms with Crippen molar-refractivity contribution < 1.29 is 9.18 Å². The number of benzene rings is 1. The Balaban J connectivity index is 3.04. The minimum Gasteiger partial charge on any atom is -0.343 e. The summed E-state index contributed by atoms with van der Waals surface area (Å²) in [6.45, 7) is 13.9. The quantitative estimate of drug-likeness (QED) is 0.478. The van der Waals surface area contributed by atoms with E-state index in [0.717, 1.165) is 36.2 Å². The molecule has 0 spiro atoms. The highest BCUT2D eigenvalue weighted by molar-refractivity contribution is 5.79. The molecule has 5 heteroatoms. The van der Waals surface area contributed by atoms with E-state index in [9.17, 15) is 9.18 Å². The van der Waals surface area contributed by atoms with Crippen LogP contribution in [0.15, 0.2) is 48.3 Å². The molecule has 27 heavy (non-hydrogen) atoms. The highest BCUT2D eigenvalue weighted by atomic mass is 19.1. The third kappa shape index (κ3) is 7.85. The average Bonchev–Trinajstić information content (AvgIpc) is 2.62. The van der Waals surface area contributed by atoms with Gasteiger partial charge in [0.05, 0.1) is 11.7 Å². The topological polar surface area (TPSA) is 53.2 Å². The average molecular weight is 376 g/mol. The largest absolute Gasteiger partial charge is 0.343 e. The second-order valence-corrected chi connectivity index (χ2v) is 7.34. The van der Waals surface area contributed by atoms with Gasteiger partial charge in [0.1, 0.15) is 5.82 Å². The predicted molar refractivity (Wildman–Crippen MR) is 110 cm³/mol. The molecule has 3 N–H and O–H groups in total. The fourth-order valence-corrected chi connectivity index (χ4v) is 2.80. The predicted octanol–water partition coefficient (Wildman–Crippen LogP) is 4.98. The molecule has 0 bridgehead atoms. The van der Waals surface area contributed by atoms with E-state index in [1.54, 1.807) is 12.1 Å². The molecule has 0 heterocycles. The standard InChI is InChI=1S/C22H34FN3O/c1-7-17(10-9-15(3)4)22(27)24-21(18-11-13-19(23)14-12-18)20(8-2)26-25-16(5)6/h8,11-15,17,21,25-26H,5,7,9-10H2,1-4,6H3,(H,24,27)/b20-8-. The molecule has 0 saturated carbocycles. The van der Waals surface area contributed by atoms with Crippen LogP contribution in [0.4, 0.5) is 4.39 Å². The van der Waals surface area contributed by atoms with Gasteiger partial charge in [0.15, 0.2) is 0 Å². The number of hydrogen-bond donors (Lipinski definition) is 3. The second kappa shape index (κ2) is 11.4. The molecule has 0 saturated heterocycles. The summed E-state index contributed by atoms with van der Waals surface area (Å²) in [5, 5.41) is 3.14. The number of hydrogen-bond acceptors (Lipinski definition) is 3. The summed E-state index contributed by atoms with van der Waals surface area (Å²) in [5.74, 6) is 0.237. The van der Waals surface area contributed by atoms with Crippen LogP contribution in [0.3, 0.4) is 0 Å². The first-order valence-corrected chi connectivity index (χ1v) is 9.68. The van der Waals surface area contributed by atoms with Gasteiger partial charge in [0, 0.05) is 11.6 Å². The second-order valence-electron chi connectivity index (χ2n) is 7.34. The van der Waals surface area contributed by atoms with Crippen molar-refractivity contribution in [1.82, 2.24) is 16.2 Å². The molecule has 0 aromatic heterocycles. The zero-order valence-electron chi connectivity index (χ0n) is 17.2. The van der Waals surface area contributed by atoms with E-state index in [2.05, 4.69) is 36.6 Å². The summed E-state index contributed by atoms with van der Waals surface area (Å²) in [7, 11) is 0. The van der Waals surface area contributed by atoms with E-state index in [1.807, 2.05) is 26.8 Å². The fraction of sp³-hybridized carbons (Fsp3) is 0.500. The van der Waals surface area contributed by atoms with Crippen molar-refractivity contribution in [2.24, 2.45) is 11.8 Å². The SMILES string of the molecule is C=C(C)NN/C(=C\C)C(NC(=O)C(CC)CCC(C)C)c1ccc(F)cc1. The van der Waals surface area contributed by atoms with Gasteiger partial charge in [-0.05, 0) is 50.3 Å². The van der Waals surface area contributed by atoms with E-state index in [4.69, 9.17) is 0 Å². The van der Waals surface area contributed by atoms with Gasteiger partial charge in [0.25, 0.3) is 0 Å². The number of hydrazine groups is 1. The number of amides is 1. The third-order valence-corrected chi connectivity index (χ3v) is 4.49. The van der Waals surface area contributed by atoms with Gasteiger partial charge < -0.3 is 16.2 Å². The minimum absolute atomic E-state index is 0.0175. The highest BCUT2D eigenvalue weighted by Gasteiger charge is 2.24. The van der Waals surface area contributed by atoms with Gasteiger partial charge >= 0.3 is 0 Å². The molecular formula is C22H34FN3O. The Morgan fingerprint density at radius 3 is 2.30 bits per heavy atom. The maximum Gasteiger partial charge on any atom is 0.223 e. The molecule has 1 rings (SSSR count). The first kappa shape index (κ1) is 22.7. The smallest absolute Gasteiger partial charge is 0.223 e. The van der Waals surface area contributed by atoms with E-state index < -0.39 is 6.04 Å². The molecule has 2 atom stereocenters. The maximum absolute atomic E-state index is 13.4. The third-order valence-electron chi connectivity index (χ3n) is 4.49. The molecule has 0 aliphatic rings. The Hall–Kier alpha value is -2.30. The lowest BCUT2D eigenvalue weighted by Crippen LogP contribution is -2.40. The molecule has 1 aromatic carbocycles. The van der Waals surface area contributed by atoms with E-state index >= 15 is 0 Å². The lowest BCUT2D eigenvalue weighted by atomic mass is 9.94. The Labute approximate surface area is 163 Å². The number of carbonyl (C=O) groups excluding carboxylic acids is 1. The molecule has 0 radical (unpaired) electrons. The van der Waals surface area contributed by atoms with Gasteiger partial charge in [0.2, 0.25) is 5.91 Å². The van der Waals surface area contributed by atoms with Crippen molar-refractivity contribution in [1.29, 1.82) is 0 Å². The summed E-state index contributed by atoms with van der Waals surface area (Å²) in [6, 6.07) is 5.81. The first-order chi connectivity index (χ1) is 12.8. The van der Waals surface area contributed by atoms with Crippen LogP contribution in [-0.2, 0) is 4.79 Å². The summed E-state index contributed by atoms with van der Waals surface area (Å²) in [6.07, 6.45) is 4.55. The molecule has 4 nitrogen and oxygen atoms in total. The van der Waals surface area contributed by atoms with Crippen molar-refractivity contribution in [3.63, 3.8) is 0 Å². The molecule has 1 amide bonds. The van der Waals surface area contributed by atoms with Crippen molar-refractivity contribution in [3.8, 4) is 0 Å². The monoisotopic (exact) mass is 375 g/mol. The van der Waals surface area contributed by atoms with E-state index in [-0.39, 0.29) is 17.6 Å². The first-order valence-electron chi connectivity index (χ1n) is 9.68. The van der Waals surface area contributed by atoms with Gasteiger partial charge in [-0.25, -0.2) is 4.39 Å². The summed E-state index contributed by atoms with van der Waals surface area (Å²) >= 11 is 0. The Kier molecular flexibility index (Phi) is 9.62. The number of allylic oxidation sites excluding steroid dienone is 2. The lowest BCUT2D eigenvalue weighted by molar-refractivity contribution is -0.126. The summed E-state index contributed by atoms with van der Waals surface area (Å²) < 4.78 is 13.4. The van der Waals surface area contributed by atoms with Crippen LogP contribution < -0.4 is 16.2 Å². The van der Waals surface area contributed by atoms with Gasteiger partial charge in [-0.2, -0.15) is 0 Å². The van der Waals surface area contributed by atoms with Crippen molar-refractivity contribution in [2.75, 3.05) is 0 Å². The van der Waals surface area contributed by atoms with Crippen molar-refractivity contribution in [3.05, 3.63) is 59.7 Å². The van der Waals surface area contributed by atoms with Gasteiger partial charge in [-0.3, -0.25) is 4.79 Å². The highest BCUT2D eigenvalue weighted by Crippen LogP contribution is 2.23. The summed E-state index contributed by atoms with van der Waals surface area (Å²) in [5.41, 5.74) is 8.41. The normalized spacial score (nSPS) is 13.8. The van der Waals surface area contributed by atoms with Crippen LogP contribution in [0.2, 0.25) is 0 Å². The molecule has 0 aliphatic carbocycles. The minimum atomic E-state index is -0.400. The van der Waals surface area contributed by atoms with Gasteiger partial charge in [-0.15, -0.1) is 0 Å². The molecule has 0 fully saturated rings. The number of nitrogens with one attached hydrogen (secondary N) is 3. The molecule has 2 unspecified atom stereocenters. The summed E-state index contributed by atoms with van der Waals surface area (Å²) in [4.78, 5) is 12.9.